The SMILES string of the molecule is CC(C=CC1(C)C(C)CCC(=O)C1C)=CCc1c(O)c(Cl)c(C)c(C=O)c1O. The maximum Gasteiger partial charge on any atom is 0.154 e. The van der Waals surface area contributed by atoms with Gasteiger partial charge in [0.2, 0.25) is 0 Å². The third-order valence-electron chi connectivity index (χ3n) is 6.52. The number of phenols is 2. The third kappa shape index (κ3) is 4.02. The van der Waals surface area contributed by atoms with E-state index in [9.17, 15) is 19.8 Å². The Morgan fingerprint density at radius 2 is 1.93 bits per heavy atom. The molecule has 0 aromatic heterocycles. The van der Waals surface area contributed by atoms with Crippen LogP contribution in [0.5, 0.6) is 11.5 Å². The number of aldehydes is 1. The summed E-state index contributed by atoms with van der Waals surface area (Å²) in [5, 5.41) is 20.7. The highest BCUT2D eigenvalue weighted by molar-refractivity contribution is 6.33. The topological polar surface area (TPSA) is 74.6 Å². The zero-order valence-electron chi connectivity index (χ0n) is 17.2. The molecule has 0 amide bonds. The van der Waals surface area contributed by atoms with E-state index in [1.54, 1.807) is 6.92 Å². The molecule has 1 aliphatic carbocycles. The third-order valence-corrected chi connectivity index (χ3v) is 6.98. The maximum atomic E-state index is 12.2. The van der Waals surface area contributed by atoms with Crippen molar-refractivity contribution < 1.29 is 19.8 Å². The van der Waals surface area contributed by atoms with Crippen molar-refractivity contribution in [2.24, 2.45) is 17.3 Å². The highest BCUT2D eigenvalue weighted by Crippen LogP contribution is 2.45. The molecule has 5 heteroatoms. The molecule has 3 unspecified atom stereocenters. The van der Waals surface area contributed by atoms with Gasteiger partial charge in [-0.1, -0.05) is 56.2 Å². The Morgan fingerprint density at radius 1 is 1.29 bits per heavy atom. The van der Waals surface area contributed by atoms with Gasteiger partial charge >= 0.3 is 0 Å². The number of carbonyl (C=O) groups is 2. The molecule has 28 heavy (non-hydrogen) atoms. The van der Waals surface area contributed by atoms with Gasteiger partial charge in [0.25, 0.3) is 0 Å². The Hall–Kier alpha value is -2.07. The zero-order valence-corrected chi connectivity index (χ0v) is 17.9. The van der Waals surface area contributed by atoms with Crippen LogP contribution in [0, 0.1) is 24.2 Å². The molecule has 4 nitrogen and oxygen atoms in total. The lowest BCUT2D eigenvalue weighted by molar-refractivity contribution is -0.129. The molecule has 0 bridgehead atoms. The first-order valence-electron chi connectivity index (χ1n) is 9.61. The number of Topliss-reactive ketones (excluding diaryl/α,β-unsaturated/α-hetero) is 1. The Labute approximate surface area is 171 Å². The number of carbonyl (C=O) groups excluding carboxylic acids is 2. The average molecular weight is 405 g/mol. The highest BCUT2D eigenvalue weighted by Gasteiger charge is 2.41. The molecule has 152 valence electrons. The van der Waals surface area contributed by atoms with E-state index in [1.165, 1.54) is 0 Å². The number of aromatic hydroxyl groups is 2. The van der Waals surface area contributed by atoms with Gasteiger partial charge in [-0.2, -0.15) is 0 Å². The molecule has 0 spiro atoms. The monoisotopic (exact) mass is 404 g/mol. The molecule has 0 heterocycles. The van der Waals surface area contributed by atoms with Crippen molar-refractivity contribution >= 4 is 23.7 Å². The number of allylic oxidation sites excluding steroid dienone is 4. The van der Waals surface area contributed by atoms with Crippen molar-refractivity contribution in [2.45, 2.75) is 53.9 Å². The van der Waals surface area contributed by atoms with Crippen LogP contribution in [0.25, 0.3) is 0 Å². The van der Waals surface area contributed by atoms with Gasteiger partial charge in [0.15, 0.2) is 6.29 Å². The van der Waals surface area contributed by atoms with Gasteiger partial charge in [-0.15, -0.1) is 0 Å². The summed E-state index contributed by atoms with van der Waals surface area (Å²) in [6, 6.07) is 0. The first-order chi connectivity index (χ1) is 13.0. The zero-order chi connectivity index (χ0) is 21.2. The second-order valence-corrected chi connectivity index (χ2v) is 8.50. The number of ketones is 1. The van der Waals surface area contributed by atoms with Crippen molar-refractivity contribution in [3.63, 3.8) is 0 Å². The van der Waals surface area contributed by atoms with E-state index < -0.39 is 0 Å². The number of hydrogen-bond donors (Lipinski definition) is 2. The van der Waals surface area contributed by atoms with Crippen molar-refractivity contribution in [1.29, 1.82) is 0 Å². The van der Waals surface area contributed by atoms with Gasteiger partial charge in [0.1, 0.15) is 17.3 Å². The molecule has 3 atom stereocenters. The van der Waals surface area contributed by atoms with Crippen LogP contribution in [0.2, 0.25) is 5.02 Å². The van der Waals surface area contributed by atoms with E-state index in [1.807, 2.05) is 26.0 Å². The van der Waals surface area contributed by atoms with Gasteiger partial charge in [0.05, 0.1) is 10.6 Å². The normalized spacial score (nSPS) is 26.1. The summed E-state index contributed by atoms with van der Waals surface area (Å²) in [5.41, 5.74) is 1.41. The van der Waals surface area contributed by atoms with Crippen molar-refractivity contribution in [2.75, 3.05) is 0 Å². The summed E-state index contributed by atoms with van der Waals surface area (Å²) in [5.74, 6) is 0.233. The highest BCUT2D eigenvalue weighted by atomic mass is 35.5. The van der Waals surface area contributed by atoms with Crippen LogP contribution in [0.1, 0.15) is 62.0 Å². The van der Waals surface area contributed by atoms with Gasteiger partial charge in [-0.3, -0.25) is 9.59 Å². The summed E-state index contributed by atoms with van der Waals surface area (Å²) < 4.78 is 0. The van der Waals surface area contributed by atoms with Gasteiger partial charge in [-0.25, -0.2) is 0 Å². The first-order valence-corrected chi connectivity index (χ1v) is 9.99. The van der Waals surface area contributed by atoms with E-state index >= 15 is 0 Å². The predicted molar refractivity (Wildman–Crippen MR) is 112 cm³/mol. The molecule has 1 aromatic rings. The summed E-state index contributed by atoms with van der Waals surface area (Å²) >= 11 is 6.09. The van der Waals surface area contributed by atoms with Crippen molar-refractivity contribution in [1.82, 2.24) is 0 Å². The second-order valence-electron chi connectivity index (χ2n) is 8.13. The fraction of sp³-hybridized carbons (Fsp3) is 0.478. The van der Waals surface area contributed by atoms with Crippen LogP contribution < -0.4 is 0 Å². The molecule has 2 N–H and O–H groups in total. The molecular weight excluding hydrogens is 376 g/mol. The Kier molecular flexibility index (Phi) is 6.76. The maximum absolute atomic E-state index is 12.2. The second kappa shape index (κ2) is 8.52. The first kappa shape index (κ1) is 22.2. The number of hydrogen-bond acceptors (Lipinski definition) is 4. The number of halogens is 1. The summed E-state index contributed by atoms with van der Waals surface area (Å²) in [7, 11) is 0. The van der Waals surface area contributed by atoms with Crippen LogP contribution in [0.15, 0.2) is 23.8 Å². The molecule has 1 fully saturated rings. The lowest BCUT2D eigenvalue weighted by Gasteiger charge is -2.42. The fourth-order valence-electron chi connectivity index (χ4n) is 3.83. The largest absolute Gasteiger partial charge is 0.507 e. The fourth-order valence-corrected chi connectivity index (χ4v) is 4.04. The van der Waals surface area contributed by atoms with Crippen LogP contribution in [0.4, 0.5) is 0 Å². The van der Waals surface area contributed by atoms with Crippen LogP contribution >= 0.6 is 11.6 Å². The molecular formula is C23H29ClO4. The summed E-state index contributed by atoms with van der Waals surface area (Å²) in [6.45, 7) is 9.79. The Balaban J connectivity index is 2.28. The standard InChI is InChI=1S/C23H29ClO4/c1-13(10-11-23(5)14(2)7-9-19(26)16(23)4)6-8-17-21(27)18(12-25)15(3)20(24)22(17)28/h6,10-12,14,16,27-28H,7-9H2,1-5H3. The van der Waals surface area contributed by atoms with E-state index in [0.717, 1.165) is 12.0 Å². The quantitative estimate of drug-likeness (QED) is 0.497. The van der Waals surface area contributed by atoms with Gasteiger partial charge in [-0.05, 0) is 43.6 Å². The lowest BCUT2D eigenvalue weighted by Crippen LogP contribution is -2.40. The molecule has 0 radical (unpaired) electrons. The van der Waals surface area contributed by atoms with Crippen LogP contribution in [-0.2, 0) is 11.2 Å². The minimum absolute atomic E-state index is 0.0283. The van der Waals surface area contributed by atoms with Gasteiger partial charge in [0, 0.05) is 17.9 Å². The van der Waals surface area contributed by atoms with E-state index in [0.29, 0.717) is 30.0 Å². The predicted octanol–water partition coefficient (Wildman–Crippen LogP) is 5.56. The molecule has 1 aromatic carbocycles. The molecule has 1 saturated carbocycles. The van der Waals surface area contributed by atoms with Crippen molar-refractivity contribution in [3.05, 3.63) is 45.5 Å². The average Bonchev–Trinajstić information content (AvgIpc) is 2.66. The van der Waals surface area contributed by atoms with Gasteiger partial charge < -0.3 is 10.2 Å². The molecule has 0 aliphatic heterocycles. The van der Waals surface area contributed by atoms with Crippen LogP contribution in [-0.4, -0.2) is 22.3 Å². The number of phenolic OH excluding ortho intramolecular Hbond substituents is 2. The Bertz CT molecular complexity index is 853. The smallest absolute Gasteiger partial charge is 0.154 e. The molecule has 2 rings (SSSR count). The van der Waals surface area contributed by atoms with Crippen LogP contribution in [0.3, 0.4) is 0 Å². The Morgan fingerprint density at radius 3 is 2.54 bits per heavy atom. The van der Waals surface area contributed by atoms with E-state index in [4.69, 9.17) is 11.6 Å². The summed E-state index contributed by atoms with van der Waals surface area (Å²) in [6.07, 6.45) is 8.25. The minimum atomic E-state index is -0.241. The minimum Gasteiger partial charge on any atom is -0.507 e. The van der Waals surface area contributed by atoms with Crippen molar-refractivity contribution in [3.8, 4) is 11.5 Å². The van der Waals surface area contributed by atoms with E-state index in [-0.39, 0.29) is 45.4 Å². The lowest BCUT2D eigenvalue weighted by atomic mass is 9.61. The van der Waals surface area contributed by atoms with E-state index in [2.05, 4.69) is 19.9 Å². The summed E-state index contributed by atoms with van der Waals surface area (Å²) in [4.78, 5) is 23.4. The number of benzene rings is 1. The molecule has 0 saturated heterocycles. The molecule has 1 aliphatic rings. The number of rotatable bonds is 5.